The first-order chi connectivity index (χ1) is 12.2. The van der Waals surface area contributed by atoms with E-state index in [1.165, 1.54) is 5.56 Å². The topological polar surface area (TPSA) is 61.3 Å². The van der Waals surface area contributed by atoms with Crippen LogP contribution in [0.25, 0.3) is 0 Å². The third kappa shape index (κ3) is 4.77. The Kier molecular flexibility index (Phi) is 6.00. The summed E-state index contributed by atoms with van der Waals surface area (Å²) in [6.07, 6.45) is 1.89. The number of rotatable bonds is 6. The maximum atomic E-state index is 9.78. The van der Waals surface area contributed by atoms with Crippen molar-refractivity contribution in [3.05, 3.63) is 53.5 Å². The van der Waals surface area contributed by atoms with Crippen molar-refractivity contribution in [2.45, 2.75) is 39.3 Å². The van der Waals surface area contributed by atoms with Gasteiger partial charge in [0.2, 0.25) is 0 Å². The summed E-state index contributed by atoms with van der Waals surface area (Å²) < 4.78 is 0. The minimum atomic E-state index is 0.196. The SMILES string of the molecule is CCc1cc(NC2CN(Cc3ccccc3)CCC2CO)nc(C)n1. The number of nitrogens with one attached hydrogen (secondary N) is 1. The van der Waals surface area contributed by atoms with Crippen LogP contribution in [0.5, 0.6) is 0 Å². The van der Waals surface area contributed by atoms with Crippen molar-refractivity contribution >= 4 is 5.82 Å². The first-order valence-electron chi connectivity index (χ1n) is 9.16. The monoisotopic (exact) mass is 340 g/mol. The third-order valence-corrected chi connectivity index (χ3v) is 4.91. The van der Waals surface area contributed by atoms with Gasteiger partial charge in [-0.15, -0.1) is 0 Å². The molecule has 134 valence electrons. The van der Waals surface area contributed by atoms with Crippen LogP contribution in [0.15, 0.2) is 36.4 Å². The van der Waals surface area contributed by atoms with Gasteiger partial charge < -0.3 is 10.4 Å². The minimum Gasteiger partial charge on any atom is -0.396 e. The summed E-state index contributed by atoms with van der Waals surface area (Å²) in [5, 5.41) is 13.3. The van der Waals surface area contributed by atoms with Crippen LogP contribution in [-0.2, 0) is 13.0 Å². The number of benzene rings is 1. The Balaban J connectivity index is 1.70. The molecule has 0 radical (unpaired) electrons. The number of likely N-dealkylation sites (tertiary alicyclic amines) is 1. The minimum absolute atomic E-state index is 0.196. The molecule has 0 amide bonds. The predicted octanol–water partition coefficient (Wildman–Crippen LogP) is 2.64. The van der Waals surface area contributed by atoms with E-state index in [4.69, 9.17) is 0 Å². The van der Waals surface area contributed by atoms with Gasteiger partial charge in [-0.3, -0.25) is 4.90 Å². The summed E-state index contributed by atoms with van der Waals surface area (Å²) >= 11 is 0. The molecule has 2 aromatic rings. The lowest BCUT2D eigenvalue weighted by Gasteiger charge is -2.38. The number of aliphatic hydroxyl groups excluding tert-OH is 1. The number of hydrogen-bond acceptors (Lipinski definition) is 5. The maximum absolute atomic E-state index is 9.78. The molecule has 0 spiro atoms. The molecule has 1 aliphatic rings. The average molecular weight is 340 g/mol. The predicted molar refractivity (Wildman–Crippen MR) is 100 cm³/mol. The summed E-state index contributed by atoms with van der Waals surface area (Å²) in [5.41, 5.74) is 2.38. The van der Waals surface area contributed by atoms with Gasteiger partial charge in [0, 0.05) is 43.4 Å². The highest BCUT2D eigenvalue weighted by atomic mass is 16.3. The van der Waals surface area contributed by atoms with Crippen molar-refractivity contribution in [1.29, 1.82) is 0 Å². The number of hydrogen-bond donors (Lipinski definition) is 2. The van der Waals surface area contributed by atoms with Gasteiger partial charge in [-0.1, -0.05) is 37.3 Å². The fourth-order valence-electron chi connectivity index (χ4n) is 3.51. The van der Waals surface area contributed by atoms with E-state index in [1.807, 2.05) is 13.0 Å². The normalized spacial score (nSPS) is 21.2. The molecule has 25 heavy (non-hydrogen) atoms. The lowest BCUT2D eigenvalue weighted by molar-refractivity contribution is 0.115. The Labute approximate surface area is 150 Å². The number of nitrogens with zero attached hydrogens (tertiary/aromatic N) is 3. The highest BCUT2D eigenvalue weighted by Crippen LogP contribution is 2.22. The number of aliphatic hydroxyl groups is 1. The molecule has 1 saturated heterocycles. The summed E-state index contributed by atoms with van der Waals surface area (Å²) in [4.78, 5) is 11.4. The molecule has 1 aromatic heterocycles. The Morgan fingerprint density at radius 2 is 2.04 bits per heavy atom. The first-order valence-corrected chi connectivity index (χ1v) is 9.16. The van der Waals surface area contributed by atoms with Crippen LogP contribution in [0.4, 0.5) is 5.82 Å². The molecule has 5 nitrogen and oxygen atoms in total. The Hall–Kier alpha value is -1.98. The van der Waals surface area contributed by atoms with Gasteiger partial charge in [0.15, 0.2) is 0 Å². The lowest BCUT2D eigenvalue weighted by atomic mass is 9.92. The van der Waals surface area contributed by atoms with Crippen LogP contribution in [-0.4, -0.2) is 45.7 Å². The number of piperidine rings is 1. The first kappa shape index (κ1) is 17.8. The second-order valence-electron chi connectivity index (χ2n) is 6.85. The molecule has 2 atom stereocenters. The van der Waals surface area contributed by atoms with Gasteiger partial charge in [-0.25, -0.2) is 9.97 Å². The molecule has 0 aliphatic carbocycles. The van der Waals surface area contributed by atoms with Crippen molar-refractivity contribution in [2.24, 2.45) is 5.92 Å². The Bertz CT molecular complexity index is 677. The van der Waals surface area contributed by atoms with Crippen molar-refractivity contribution in [2.75, 3.05) is 25.0 Å². The fourth-order valence-corrected chi connectivity index (χ4v) is 3.51. The second kappa shape index (κ2) is 8.41. The molecule has 0 bridgehead atoms. The van der Waals surface area contributed by atoms with Crippen LogP contribution in [0, 0.1) is 12.8 Å². The number of anilines is 1. The average Bonchev–Trinajstić information content (AvgIpc) is 2.62. The van der Waals surface area contributed by atoms with Crippen LogP contribution in [0.1, 0.15) is 30.4 Å². The van der Waals surface area contributed by atoms with Crippen molar-refractivity contribution in [1.82, 2.24) is 14.9 Å². The van der Waals surface area contributed by atoms with E-state index in [9.17, 15) is 5.11 Å². The molecule has 5 heteroatoms. The van der Waals surface area contributed by atoms with E-state index < -0.39 is 0 Å². The van der Waals surface area contributed by atoms with Gasteiger partial charge in [0.1, 0.15) is 11.6 Å². The van der Waals surface area contributed by atoms with Crippen LogP contribution >= 0.6 is 0 Å². The van der Waals surface area contributed by atoms with E-state index in [0.29, 0.717) is 0 Å². The molecule has 3 rings (SSSR count). The third-order valence-electron chi connectivity index (χ3n) is 4.91. The fraction of sp³-hybridized carbons (Fsp3) is 0.500. The van der Waals surface area contributed by atoms with E-state index in [-0.39, 0.29) is 18.6 Å². The van der Waals surface area contributed by atoms with Crippen molar-refractivity contribution < 1.29 is 5.11 Å². The number of aryl methyl sites for hydroxylation is 2. The zero-order chi connectivity index (χ0) is 17.6. The van der Waals surface area contributed by atoms with Gasteiger partial charge in [0.25, 0.3) is 0 Å². The molecule has 2 N–H and O–H groups in total. The van der Waals surface area contributed by atoms with Crippen LogP contribution in [0.2, 0.25) is 0 Å². The molecule has 1 aromatic carbocycles. The van der Waals surface area contributed by atoms with E-state index in [2.05, 4.69) is 57.4 Å². The van der Waals surface area contributed by atoms with E-state index in [0.717, 1.165) is 49.8 Å². The highest BCUT2D eigenvalue weighted by molar-refractivity contribution is 5.38. The molecule has 2 unspecified atom stereocenters. The highest BCUT2D eigenvalue weighted by Gasteiger charge is 2.29. The van der Waals surface area contributed by atoms with Gasteiger partial charge in [-0.2, -0.15) is 0 Å². The van der Waals surface area contributed by atoms with Crippen molar-refractivity contribution in [3.63, 3.8) is 0 Å². The molecule has 0 saturated carbocycles. The summed E-state index contributed by atoms with van der Waals surface area (Å²) in [6, 6.07) is 12.8. The van der Waals surface area contributed by atoms with E-state index >= 15 is 0 Å². The molecule has 1 aliphatic heterocycles. The molecular formula is C20H28N4O. The standard InChI is InChI=1S/C20H28N4O/c1-3-18-11-20(22-15(2)21-18)23-19-13-24(10-9-17(19)14-25)12-16-7-5-4-6-8-16/h4-8,11,17,19,25H,3,9-10,12-14H2,1-2H3,(H,21,22,23). The molecule has 2 heterocycles. The van der Waals surface area contributed by atoms with Gasteiger partial charge in [0.05, 0.1) is 0 Å². The molecular weight excluding hydrogens is 312 g/mol. The van der Waals surface area contributed by atoms with Crippen molar-refractivity contribution in [3.8, 4) is 0 Å². The summed E-state index contributed by atoms with van der Waals surface area (Å²) in [6.45, 7) is 7.11. The Morgan fingerprint density at radius 3 is 2.76 bits per heavy atom. The summed E-state index contributed by atoms with van der Waals surface area (Å²) in [5.74, 6) is 1.92. The maximum Gasteiger partial charge on any atom is 0.130 e. The van der Waals surface area contributed by atoms with Crippen LogP contribution < -0.4 is 5.32 Å². The Morgan fingerprint density at radius 1 is 1.24 bits per heavy atom. The molecule has 1 fully saturated rings. The second-order valence-corrected chi connectivity index (χ2v) is 6.85. The quantitative estimate of drug-likeness (QED) is 0.846. The lowest BCUT2D eigenvalue weighted by Crippen LogP contribution is -2.48. The van der Waals surface area contributed by atoms with Gasteiger partial charge in [-0.05, 0) is 31.9 Å². The smallest absolute Gasteiger partial charge is 0.130 e. The van der Waals surface area contributed by atoms with Crippen LogP contribution in [0.3, 0.4) is 0 Å². The largest absolute Gasteiger partial charge is 0.396 e. The zero-order valence-electron chi connectivity index (χ0n) is 15.2. The van der Waals surface area contributed by atoms with E-state index in [1.54, 1.807) is 0 Å². The van der Waals surface area contributed by atoms with Gasteiger partial charge >= 0.3 is 0 Å². The zero-order valence-corrected chi connectivity index (χ0v) is 15.2. The summed E-state index contributed by atoms with van der Waals surface area (Å²) in [7, 11) is 0. The number of aromatic nitrogens is 2.